The first kappa shape index (κ1) is 14.5. The van der Waals surface area contributed by atoms with E-state index in [-0.39, 0.29) is 0 Å². The van der Waals surface area contributed by atoms with Gasteiger partial charge in [0.15, 0.2) is 0 Å². The molecule has 0 spiro atoms. The third kappa shape index (κ3) is 3.82. The smallest absolute Gasteiger partial charge is 0.128 e. The van der Waals surface area contributed by atoms with Gasteiger partial charge in [0.1, 0.15) is 5.82 Å². The lowest BCUT2D eigenvalue weighted by atomic mass is 10.3. The van der Waals surface area contributed by atoms with Crippen LogP contribution in [0, 0.1) is 0 Å². The van der Waals surface area contributed by atoms with Crippen molar-refractivity contribution in [3.63, 3.8) is 0 Å². The zero-order valence-corrected chi connectivity index (χ0v) is 13.4. The van der Waals surface area contributed by atoms with Crippen molar-refractivity contribution in [2.75, 3.05) is 5.32 Å². The van der Waals surface area contributed by atoms with Crippen LogP contribution in [0.4, 0.5) is 5.69 Å². The maximum absolute atomic E-state index is 4.38. The monoisotopic (exact) mass is 301 g/mol. The highest BCUT2D eigenvalue weighted by Gasteiger charge is 2.15. The van der Waals surface area contributed by atoms with Crippen LogP contribution in [-0.2, 0) is 13.1 Å². The second-order valence-corrected chi connectivity index (χ2v) is 6.91. The fourth-order valence-electron chi connectivity index (χ4n) is 2.83. The van der Waals surface area contributed by atoms with E-state index >= 15 is 0 Å². The molecule has 1 aliphatic carbocycles. The molecule has 0 saturated heterocycles. The molecule has 0 amide bonds. The Labute approximate surface area is 131 Å². The number of nitrogens with one attached hydrogen (secondary N) is 1. The zero-order valence-electron chi connectivity index (χ0n) is 12.6. The summed E-state index contributed by atoms with van der Waals surface area (Å²) in [5.41, 5.74) is 1.16. The highest BCUT2D eigenvalue weighted by Crippen LogP contribution is 2.34. The van der Waals surface area contributed by atoms with Gasteiger partial charge in [-0.25, -0.2) is 4.98 Å². The van der Waals surface area contributed by atoms with Gasteiger partial charge in [-0.2, -0.15) is 0 Å². The minimum Gasteiger partial charge on any atom is -0.378 e. The molecule has 1 aromatic heterocycles. The van der Waals surface area contributed by atoms with Crippen molar-refractivity contribution in [1.29, 1.82) is 0 Å². The van der Waals surface area contributed by atoms with Crippen molar-refractivity contribution >= 4 is 17.4 Å². The molecule has 1 aliphatic rings. The maximum atomic E-state index is 4.38. The highest BCUT2D eigenvalue weighted by atomic mass is 32.2. The van der Waals surface area contributed by atoms with Gasteiger partial charge in [0.25, 0.3) is 0 Å². The van der Waals surface area contributed by atoms with E-state index in [1.54, 1.807) is 0 Å². The average molecular weight is 301 g/mol. The predicted molar refractivity (Wildman–Crippen MR) is 89.8 cm³/mol. The van der Waals surface area contributed by atoms with E-state index in [0.717, 1.165) is 29.9 Å². The molecule has 3 nitrogen and oxygen atoms in total. The molecular weight excluding hydrogens is 278 g/mol. The lowest BCUT2D eigenvalue weighted by Crippen LogP contribution is -2.07. The molecule has 0 aliphatic heterocycles. The van der Waals surface area contributed by atoms with Crippen molar-refractivity contribution < 1.29 is 0 Å². The summed E-state index contributed by atoms with van der Waals surface area (Å²) in [7, 11) is 0. The molecule has 3 rings (SSSR count). The summed E-state index contributed by atoms with van der Waals surface area (Å²) in [6.45, 7) is 3.88. The summed E-state index contributed by atoms with van der Waals surface area (Å²) in [5.74, 6) is 1.09. The van der Waals surface area contributed by atoms with E-state index in [1.165, 1.54) is 30.6 Å². The van der Waals surface area contributed by atoms with Gasteiger partial charge in [0.05, 0.1) is 6.54 Å². The van der Waals surface area contributed by atoms with Crippen molar-refractivity contribution in [3.05, 3.63) is 42.5 Å². The van der Waals surface area contributed by atoms with Crippen LogP contribution >= 0.6 is 11.8 Å². The normalized spacial score (nSPS) is 15.5. The van der Waals surface area contributed by atoms with Crippen molar-refractivity contribution in [2.45, 2.75) is 55.8 Å². The van der Waals surface area contributed by atoms with Gasteiger partial charge in [-0.3, -0.25) is 0 Å². The number of benzene rings is 1. The van der Waals surface area contributed by atoms with Gasteiger partial charge in [-0.1, -0.05) is 12.8 Å². The molecule has 1 aromatic carbocycles. The molecule has 1 N–H and O–H groups in total. The zero-order chi connectivity index (χ0) is 14.5. The molecule has 1 fully saturated rings. The summed E-state index contributed by atoms with van der Waals surface area (Å²) in [6.07, 6.45) is 9.46. The summed E-state index contributed by atoms with van der Waals surface area (Å²) in [6, 6.07) is 8.82. The summed E-state index contributed by atoms with van der Waals surface area (Å²) in [4.78, 5) is 5.78. The number of aromatic nitrogens is 2. The van der Waals surface area contributed by atoms with Crippen LogP contribution in [0.2, 0.25) is 0 Å². The molecule has 0 atom stereocenters. The van der Waals surface area contributed by atoms with Crippen LogP contribution in [0.3, 0.4) is 0 Å². The minimum atomic E-state index is 0.774. The van der Waals surface area contributed by atoms with Crippen LogP contribution in [0.15, 0.2) is 41.6 Å². The molecule has 0 bridgehead atoms. The summed E-state index contributed by atoms with van der Waals surface area (Å²) in [5, 5.41) is 4.28. The molecule has 4 heteroatoms. The van der Waals surface area contributed by atoms with Gasteiger partial charge >= 0.3 is 0 Å². The first-order chi connectivity index (χ1) is 10.3. The second-order valence-electron chi connectivity index (χ2n) is 5.53. The molecule has 1 heterocycles. The van der Waals surface area contributed by atoms with Gasteiger partial charge in [-0.05, 0) is 44.0 Å². The Kier molecular flexibility index (Phi) is 4.86. The number of thioether (sulfide) groups is 1. The number of aryl methyl sites for hydroxylation is 1. The number of hydrogen-bond donors (Lipinski definition) is 1. The molecule has 2 aromatic rings. The Morgan fingerprint density at radius 2 is 2.00 bits per heavy atom. The van der Waals surface area contributed by atoms with Gasteiger partial charge in [0, 0.05) is 34.8 Å². The molecule has 1 saturated carbocycles. The van der Waals surface area contributed by atoms with E-state index in [4.69, 9.17) is 0 Å². The first-order valence-corrected chi connectivity index (χ1v) is 8.73. The van der Waals surface area contributed by atoms with Gasteiger partial charge in [0.2, 0.25) is 0 Å². The van der Waals surface area contributed by atoms with Crippen LogP contribution in [0.1, 0.15) is 38.4 Å². The number of hydrogen-bond acceptors (Lipinski definition) is 3. The quantitative estimate of drug-likeness (QED) is 0.849. The summed E-state index contributed by atoms with van der Waals surface area (Å²) < 4.78 is 2.16. The average Bonchev–Trinajstić information content (AvgIpc) is 3.17. The largest absolute Gasteiger partial charge is 0.378 e. The van der Waals surface area contributed by atoms with Gasteiger partial charge in [-0.15, -0.1) is 11.8 Å². The van der Waals surface area contributed by atoms with Gasteiger partial charge < -0.3 is 9.88 Å². The standard InChI is InChI=1S/C17H23N3S/c1-2-20-12-11-18-17(20)13-19-14-7-9-16(10-8-14)21-15-5-3-4-6-15/h7-12,15,19H,2-6,13H2,1H3. The first-order valence-electron chi connectivity index (χ1n) is 7.86. The van der Waals surface area contributed by atoms with E-state index < -0.39 is 0 Å². The lowest BCUT2D eigenvalue weighted by molar-refractivity contribution is 0.708. The molecule has 112 valence electrons. The fourth-order valence-corrected chi connectivity index (χ4v) is 4.07. The number of anilines is 1. The Morgan fingerprint density at radius 3 is 2.71 bits per heavy atom. The maximum Gasteiger partial charge on any atom is 0.128 e. The number of rotatable bonds is 6. The van der Waals surface area contributed by atoms with Crippen LogP contribution in [0.5, 0.6) is 0 Å². The van der Waals surface area contributed by atoms with E-state index in [0.29, 0.717) is 0 Å². The third-order valence-electron chi connectivity index (χ3n) is 4.05. The van der Waals surface area contributed by atoms with Crippen LogP contribution in [0.25, 0.3) is 0 Å². The molecule has 0 unspecified atom stereocenters. The van der Waals surface area contributed by atoms with Crippen molar-refractivity contribution in [3.8, 4) is 0 Å². The Balaban J connectivity index is 1.54. The predicted octanol–water partition coefficient (Wildman–Crippen LogP) is 4.55. The van der Waals surface area contributed by atoms with Crippen LogP contribution in [-0.4, -0.2) is 14.8 Å². The van der Waals surface area contributed by atoms with E-state index in [9.17, 15) is 0 Å². The van der Waals surface area contributed by atoms with Crippen molar-refractivity contribution in [2.24, 2.45) is 0 Å². The van der Waals surface area contributed by atoms with E-state index in [1.807, 2.05) is 24.2 Å². The third-order valence-corrected chi connectivity index (χ3v) is 5.40. The highest BCUT2D eigenvalue weighted by molar-refractivity contribution is 8.00. The lowest BCUT2D eigenvalue weighted by Gasteiger charge is -2.11. The second kappa shape index (κ2) is 7.03. The van der Waals surface area contributed by atoms with Crippen molar-refractivity contribution in [1.82, 2.24) is 9.55 Å². The molecule has 0 radical (unpaired) electrons. The van der Waals surface area contributed by atoms with E-state index in [2.05, 4.69) is 46.1 Å². The Morgan fingerprint density at radius 1 is 1.24 bits per heavy atom. The number of nitrogens with zero attached hydrogens (tertiary/aromatic N) is 2. The topological polar surface area (TPSA) is 29.9 Å². The molecular formula is C17H23N3S. The fraction of sp³-hybridized carbons (Fsp3) is 0.471. The Bertz CT molecular complexity index is 556. The number of imidazole rings is 1. The minimum absolute atomic E-state index is 0.774. The SMILES string of the molecule is CCn1ccnc1CNc1ccc(SC2CCCC2)cc1. The summed E-state index contributed by atoms with van der Waals surface area (Å²) >= 11 is 2.04. The molecule has 21 heavy (non-hydrogen) atoms. The van der Waals surface area contributed by atoms with Crippen LogP contribution < -0.4 is 5.32 Å². The Hall–Kier alpha value is -1.42.